The quantitative estimate of drug-likeness (QED) is 0.618. The van der Waals surface area contributed by atoms with E-state index in [0.717, 1.165) is 22.0 Å². The molecule has 0 heterocycles. The summed E-state index contributed by atoms with van der Waals surface area (Å²) in [5, 5.41) is 11.2. The third-order valence-corrected chi connectivity index (χ3v) is 5.14. The van der Waals surface area contributed by atoms with Crippen molar-refractivity contribution in [2.45, 2.75) is 11.4 Å². The molecule has 0 spiro atoms. The molecular weight excluding hydrogens is 328 g/mol. The van der Waals surface area contributed by atoms with E-state index in [0.29, 0.717) is 0 Å². The summed E-state index contributed by atoms with van der Waals surface area (Å²) in [5.41, 5.74) is 0.248. The minimum absolute atomic E-state index is 0.108. The molecule has 2 rings (SSSR count). The molecular formula is C14H13ClN2O4S. The molecule has 0 aliphatic rings. The van der Waals surface area contributed by atoms with Gasteiger partial charge in [-0.2, -0.15) is 4.31 Å². The van der Waals surface area contributed by atoms with Crippen LogP contribution >= 0.6 is 11.6 Å². The van der Waals surface area contributed by atoms with E-state index in [1.165, 1.54) is 13.1 Å². The van der Waals surface area contributed by atoms with Crippen LogP contribution in [0.1, 0.15) is 5.56 Å². The van der Waals surface area contributed by atoms with Gasteiger partial charge in [0, 0.05) is 24.7 Å². The second kappa shape index (κ2) is 6.43. The highest BCUT2D eigenvalue weighted by molar-refractivity contribution is 7.89. The van der Waals surface area contributed by atoms with Gasteiger partial charge in [0.2, 0.25) is 10.0 Å². The zero-order valence-corrected chi connectivity index (χ0v) is 13.2. The van der Waals surface area contributed by atoms with Crippen molar-refractivity contribution in [1.82, 2.24) is 4.31 Å². The Morgan fingerprint density at radius 2 is 1.82 bits per heavy atom. The van der Waals surface area contributed by atoms with Gasteiger partial charge in [0.1, 0.15) is 0 Å². The van der Waals surface area contributed by atoms with Gasteiger partial charge in [-0.3, -0.25) is 10.1 Å². The van der Waals surface area contributed by atoms with Crippen LogP contribution in [0, 0.1) is 10.1 Å². The fraction of sp³-hybridized carbons (Fsp3) is 0.143. The highest BCUT2D eigenvalue weighted by Crippen LogP contribution is 2.29. The molecule has 2 aromatic rings. The molecule has 2 aromatic carbocycles. The Morgan fingerprint density at radius 3 is 2.41 bits per heavy atom. The first-order valence-corrected chi connectivity index (χ1v) is 8.08. The van der Waals surface area contributed by atoms with Crippen molar-refractivity contribution in [2.75, 3.05) is 7.05 Å². The van der Waals surface area contributed by atoms with Crippen LogP contribution in [-0.4, -0.2) is 24.7 Å². The number of nitro benzene ring substituents is 1. The van der Waals surface area contributed by atoms with E-state index in [1.54, 1.807) is 24.3 Å². The Kier molecular flexibility index (Phi) is 4.80. The molecule has 0 radical (unpaired) electrons. The van der Waals surface area contributed by atoms with Gasteiger partial charge < -0.3 is 0 Å². The Labute approximate surface area is 133 Å². The Bertz CT molecular complexity index is 794. The lowest BCUT2D eigenvalue weighted by Gasteiger charge is -2.17. The predicted molar refractivity (Wildman–Crippen MR) is 83.2 cm³/mol. The van der Waals surface area contributed by atoms with Crippen molar-refractivity contribution in [3.8, 4) is 0 Å². The number of sulfonamides is 1. The van der Waals surface area contributed by atoms with E-state index >= 15 is 0 Å². The van der Waals surface area contributed by atoms with Gasteiger partial charge in [0.05, 0.1) is 4.92 Å². The SMILES string of the molecule is CN(Cc1ccccc1)S(=O)(=O)c1ccc(Cl)cc1[N+](=O)[O-]. The van der Waals surface area contributed by atoms with E-state index in [1.807, 2.05) is 6.07 Å². The van der Waals surface area contributed by atoms with Crippen molar-refractivity contribution in [3.63, 3.8) is 0 Å². The van der Waals surface area contributed by atoms with Gasteiger partial charge in [0.15, 0.2) is 4.90 Å². The molecule has 0 amide bonds. The van der Waals surface area contributed by atoms with Gasteiger partial charge in [-0.1, -0.05) is 41.9 Å². The summed E-state index contributed by atoms with van der Waals surface area (Å²) in [6, 6.07) is 12.5. The van der Waals surface area contributed by atoms with Crippen molar-refractivity contribution >= 4 is 27.3 Å². The second-order valence-electron chi connectivity index (χ2n) is 4.62. The molecule has 0 unspecified atom stereocenters. The molecule has 6 nitrogen and oxygen atoms in total. The van der Waals surface area contributed by atoms with Crippen LogP contribution < -0.4 is 0 Å². The maximum absolute atomic E-state index is 12.6. The number of nitrogens with zero attached hydrogens (tertiary/aromatic N) is 2. The summed E-state index contributed by atoms with van der Waals surface area (Å²) in [4.78, 5) is 9.94. The molecule has 0 aromatic heterocycles. The van der Waals surface area contributed by atoms with E-state index < -0.39 is 20.6 Å². The lowest BCUT2D eigenvalue weighted by molar-refractivity contribution is -0.387. The number of nitro groups is 1. The van der Waals surface area contributed by atoms with Crippen LogP contribution in [0.15, 0.2) is 53.4 Å². The maximum atomic E-state index is 12.6. The van der Waals surface area contributed by atoms with Crippen LogP contribution in [-0.2, 0) is 16.6 Å². The van der Waals surface area contributed by atoms with Crippen molar-refractivity contribution in [3.05, 3.63) is 69.2 Å². The molecule has 0 saturated heterocycles. The van der Waals surface area contributed by atoms with E-state index in [9.17, 15) is 18.5 Å². The average molecular weight is 341 g/mol. The van der Waals surface area contributed by atoms with Crippen LogP contribution in [0.5, 0.6) is 0 Å². The summed E-state index contributed by atoms with van der Waals surface area (Å²) in [6.45, 7) is 0.114. The molecule has 0 fully saturated rings. The molecule has 8 heteroatoms. The monoisotopic (exact) mass is 340 g/mol. The number of rotatable bonds is 5. The van der Waals surface area contributed by atoms with E-state index in [-0.39, 0.29) is 16.5 Å². The summed E-state index contributed by atoms with van der Waals surface area (Å²) in [6.07, 6.45) is 0. The van der Waals surface area contributed by atoms with Crippen molar-refractivity contribution in [2.24, 2.45) is 0 Å². The minimum atomic E-state index is -4.00. The highest BCUT2D eigenvalue weighted by Gasteiger charge is 2.29. The van der Waals surface area contributed by atoms with Crippen LogP contribution in [0.25, 0.3) is 0 Å². The van der Waals surface area contributed by atoms with Crippen LogP contribution in [0.3, 0.4) is 0 Å². The van der Waals surface area contributed by atoms with Gasteiger partial charge in [-0.25, -0.2) is 8.42 Å². The van der Waals surface area contributed by atoms with Gasteiger partial charge in [-0.05, 0) is 17.7 Å². The number of benzene rings is 2. The lowest BCUT2D eigenvalue weighted by Crippen LogP contribution is -2.27. The zero-order chi connectivity index (χ0) is 16.3. The standard InChI is InChI=1S/C14H13ClN2O4S/c1-16(10-11-5-3-2-4-6-11)22(20,21)14-8-7-12(15)9-13(14)17(18)19/h2-9H,10H2,1H3. The molecule has 0 N–H and O–H groups in total. The first kappa shape index (κ1) is 16.4. The molecule has 0 aliphatic carbocycles. The number of hydrogen-bond donors (Lipinski definition) is 0. The molecule has 116 valence electrons. The fourth-order valence-corrected chi connectivity index (χ4v) is 3.40. The van der Waals surface area contributed by atoms with Gasteiger partial charge in [-0.15, -0.1) is 0 Å². The summed E-state index contributed by atoms with van der Waals surface area (Å²) in [5.74, 6) is 0. The Balaban J connectivity index is 2.40. The van der Waals surface area contributed by atoms with Gasteiger partial charge >= 0.3 is 0 Å². The minimum Gasteiger partial charge on any atom is -0.258 e. The fourth-order valence-electron chi connectivity index (χ4n) is 1.94. The van der Waals surface area contributed by atoms with E-state index in [2.05, 4.69) is 0 Å². The molecule has 0 saturated carbocycles. The predicted octanol–water partition coefficient (Wildman–Crippen LogP) is 3.07. The third-order valence-electron chi connectivity index (χ3n) is 3.05. The summed E-state index contributed by atoms with van der Waals surface area (Å²) >= 11 is 5.71. The topological polar surface area (TPSA) is 80.5 Å². The lowest BCUT2D eigenvalue weighted by atomic mass is 10.2. The zero-order valence-electron chi connectivity index (χ0n) is 11.6. The molecule has 0 aliphatic heterocycles. The first-order chi connectivity index (χ1) is 10.3. The largest absolute Gasteiger partial charge is 0.290 e. The normalized spacial score (nSPS) is 11.6. The smallest absolute Gasteiger partial charge is 0.258 e. The Hall–Kier alpha value is -1.96. The van der Waals surface area contributed by atoms with E-state index in [4.69, 9.17) is 11.6 Å². The number of hydrogen-bond acceptors (Lipinski definition) is 4. The summed E-state index contributed by atoms with van der Waals surface area (Å²) in [7, 11) is -2.62. The first-order valence-electron chi connectivity index (χ1n) is 6.26. The second-order valence-corrected chi connectivity index (χ2v) is 7.07. The maximum Gasteiger partial charge on any atom is 0.290 e. The highest BCUT2D eigenvalue weighted by atomic mass is 35.5. The van der Waals surface area contributed by atoms with Crippen LogP contribution in [0.4, 0.5) is 5.69 Å². The molecule has 22 heavy (non-hydrogen) atoms. The summed E-state index contributed by atoms with van der Waals surface area (Å²) < 4.78 is 26.2. The van der Waals surface area contributed by atoms with Crippen molar-refractivity contribution in [1.29, 1.82) is 0 Å². The van der Waals surface area contributed by atoms with Crippen molar-refractivity contribution < 1.29 is 13.3 Å². The molecule has 0 atom stereocenters. The average Bonchev–Trinajstić information content (AvgIpc) is 2.47. The third kappa shape index (κ3) is 3.44. The van der Waals surface area contributed by atoms with Crippen LogP contribution in [0.2, 0.25) is 5.02 Å². The number of halogens is 1. The Morgan fingerprint density at radius 1 is 1.18 bits per heavy atom. The molecule has 0 bridgehead atoms. The van der Waals surface area contributed by atoms with Gasteiger partial charge in [0.25, 0.3) is 5.69 Å².